The summed E-state index contributed by atoms with van der Waals surface area (Å²) < 4.78 is 91.0. The Hall–Kier alpha value is -9.98. The van der Waals surface area contributed by atoms with Gasteiger partial charge in [0.05, 0.1) is 53.5 Å². The van der Waals surface area contributed by atoms with Gasteiger partial charge in [-0.2, -0.15) is 0 Å². The molecule has 0 radical (unpaired) electrons. The number of pyridine rings is 1. The van der Waals surface area contributed by atoms with Crippen molar-refractivity contribution in [3.63, 3.8) is 0 Å². The molecule has 654 valence electrons. The first kappa shape index (κ1) is 84.8. The van der Waals surface area contributed by atoms with Gasteiger partial charge in [-0.05, 0) is 198 Å². The maximum atomic E-state index is 11.5. The molecule has 9 aliphatic rings. The summed E-state index contributed by atoms with van der Waals surface area (Å²) in [6, 6.07) is 28.9. The first-order valence-electron chi connectivity index (χ1n) is 43.7. The minimum atomic E-state index is -3.28. The number of anilines is 4. The van der Waals surface area contributed by atoms with Crippen LogP contribution in [0.3, 0.4) is 0 Å². The molecule has 34 heteroatoms. The number of sulfonamides is 3. The van der Waals surface area contributed by atoms with Gasteiger partial charge in [-0.25, -0.2) is 79.3 Å². The zero-order valence-electron chi connectivity index (χ0n) is 71.3. The largest absolute Gasteiger partial charge is 0.383 e. The molecule has 11 N–H and O–H groups in total. The molecule has 124 heavy (non-hydrogen) atoms. The van der Waals surface area contributed by atoms with Crippen LogP contribution in [0.4, 0.5) is 23.3 Å². The predicted octanol–water partition coefficient (Wildman–Crippen LogP) is 10.5. The second kappa shape index (κ2) is 35.1. The van der Waals surface area contributed by atoms with Crippen LogP contribution in [0.2, 0.25) is 0 Å². The molecule has 1 spiro atoms. The first-order chi connectivity index (χ1) is 59.7. The zero-order chi connectivity index (χ0) is 85.9. The minimum absolute atomic E-state index is 0.186. The molecule has 0 unspecified atom stereocenters. The maximum absolute atomic E-state index is 11.5. The summed E-state index contributed by atoms with van der Waals surface area (Å²) in [5.74, 6) is 4.93. The molecule has 5 saturated heterocycles. The Bertz CT molecular complexity index is 6270. The lowest BCUT2D eigenvalue weighted by Gasteiger charge is -2.56. The molecule has 1 atom stereocenters. The van der Waals surface area contributed by atoms with Crippen LogP contribution in [0.15, 0.2) is 141 Å². The third-order valence-corrected chi connectivity index (χ3v) is 29.2. The minimum Gasteiger partial charge on any atom is -0.383 e. The molecule has 31 nitrogen and oxygen atoms in total. The normalized spacial score (nSPS) is 23.1. The molecular weight excluding hydrogens is 1630 g/mol. The number of nitrogen functional groups attached to an aromatic ring is 4. The predicted molar refractivity (Wildman–Crippen MR) is 486 cm³/mol. The van der Waals surface area contributed by atoms with E-state index in [9.17, 15) is 25.3 Å². The van der Waals surface area contributed by atoms with Crippen molar-refractivity contribution >= 4 is 97.5 Å². The van der Waals surface area contributed by atoms with Gasteiger partial charge in [-0.3, -0.25) is 4.98 Å². The van der Waals surface area contributed by atoms with E-state index in [0.717, 1.165) is 207 Å². The number of hydrogen-bond donors (Lipinski definition) is 7. The highest BCUT2D eigenvalue weighted by Gasteiger charge is 2.50. The number of nitrogens with one attached hydrogen (secondary N) is 3. The van der Waals surface area contributed by atoms with Crippen LogP contribution in [0, 0.1) is 29.1 Å². The van der Waals surface area contributed by atoms with Gasteiger partial charge in [-0.1, -0.05) is 67.6 Å². The van der Waals surface area contributed by atoms with Gasteiger partial charge in [0, 0.05) is 160 Å². The molecule has 3 aromatic carbocycles. The number of aromatic nitrogens is 13. The van der Waals surface area contributed by atoms with Crippen LogP contribution >= 0.6 is 0 Å². The number of ether oxygens (including phenoxy) is 1. The molecule has 4 saturated carbocycles. The van der Waals surface area contributed by atoms with Crippen molar-refractivity contribution in [2.45, 2.75) is 141 Å². The van der Waals surface area contributed by atoms with Gasteiger partial charge in [0.25, 0.3) is 0 Å². The monoisotopic (exact) mass is 1740 g/mol. The van der Waals surface area contributed by atoms with Gasteiger partial charge < -0.3 is 65.5 Å². The van der Waals surface area contributed by atoms with Crippen LogP contribution < -0.4 is 37.1 Å². The van der Waals surface area contributed by atoms with Gasteiger partial charge in [-0.15, -0.1) is 0 Å². The standard InChI is InChI=1S/C24H30N6O3S.C23H30N6O2S.C22H27N5.C21H27N7O2S/c1-34(31,32)28-8-16-3-2-4-18(5-16)20-10-30(23-21(20)22(25)26-15-27-23)19-6-17(7-19)9-29-11-24(12-29)13-33-14-24;1-15-6-7-28(15)12-17-9-19(10-17)29-13-20(21-22(24)25-14-26-23(21)29)18-5-3-4-16(8-18)11-27-32(2,30)31;1-2-15-5-3-6-17(9-15)19-13-27(22-20(19)21(23)24-14-25-22)18-10-16(11-18)12-26-7-4-8-26;1-31(29,30)26-9-15-5-16(10-23-8-15)18-12-28(21-19(18)20(22)24-13-25-21)17-6-14(7-17)11-27-3-2-4-27/h2-5,10,15,17,19,28H,6-9,11-14H2,1H3,(H2,25,26,27);3-5,8,13-15,17,19,27H,6-7,9-12H2,1-2H3,(H2,24,25,26);3,5-6,9,13-14,16,18H,2,4,7-8,10-12H2,1H3,(H2,23,24,25);5,8,10,12-14,17,26H,2-4,6-7,9,11H2,1H3,(H2,22,24,25)/t;15-,17?,19?;;/m.1../s1. The summed E-state index contributed by atoms with van der Waals surface area (Å²) in [7, 11) is -9.80. The third kappa shape index (κ3) is 18.5. The highest BCUT2D eigenvalue weighted by atomic mass is 32.2. The number of aryl methyl sites for hydroxylation is 1. The van der Waals surface area contributed by atoms with E-state index in [1.807, 2.05) is 54.6 Å². The van der Waals surface area contributed by atoms with Crippen LogP contribution in [0.1, 0.15) is 131 Å². The van der Waals surface area contributed by atoms with Crippen molar-refractivity contribution in [2.75, 3.05) is 127 Å². The average Bonchev–Trinajstić information content (AvgIpc) is 1.70. The number of nitrogens with two attached hydrogens (primary N) is 4. The van der Waals surface area contributed by atoms with E-state index in [0.29, 0.717) is 58.8 Å². The number of hydrogen-bond acceptors (Lipinski definition) is 24. The lowest BCUT2D eigenvalue weighted by atomic mass is 9.74. The van der Waals surface area contributed by atoms with E-state index in [1.165, 1.54) is 128 Å². The second-order valence-corrected chi connectivity index (χ2v) is 42.0. The molecule has 9 aromatic heterocycles. The lowest BCUT2D eigenvalue weighted by molar-refractivity contribution is -0.192. The molecule has 14 heterocycles. The fourth-order valence-corrected chi connectivity index (χ4v) is 21.0. The van der Waals surface area contributed by atoms with Gasteiger partial charge in [0.1, 0.15) is 71.2 Å². The summed E-state index contributed by atoms with van der Waals surface area (Å²) in [5, 5.41) is 3.54. The van der Waals surface area contributed by atoms with E-state index < -0.39 is 30.1 Å². The molecule has 21 rings (SSSR count). The molecule has 5 aliphatic heterocycles. The van der Waals surface area contributed by atoms with E-state index in [4.69, 9.17) is 27.7 Å². The highest BCUT2D eigenvalue weighted by Crippen LogP contribution is 2.50. The Labute approximate surface area is 724 Å². The van der Waals surface area contributed by atoms with Crippen LogP contribution in [-0.2, 0) is 60.9 Å². The number of nitrogens with zero attached hydrogens (tertiary/aromatic N) is 17. The van der Waals surface area contributed by atoms with Crippen LogP contribution in [-0.4, -0.2) is 218 Å². The average molecular weight is 1740 g/mol. The summed E-state index contributed by atoms with van der Waals surface area (Å²) >= 11 is 0. The summed E-state index contributed by atoms with van der Waals surface area (Å²) in [5.41, 5.74) is 41.1. The fourth-order valence-electron chi connectivity index (χ4n) is 19.8. The Kier molecular flexibility index (Phi) is 24.0. The van der Waals surface area contributed by atoms with Crippen molar-refractivity contribution in [1.82, 2.24) is 96.9 Å². The van der Waals surface area contributed by atoms with E-state index in [-0.39, 0.29) is 19.6 Å². The van der Waals surface area contributed by atoms with Crippen molar-refractivity contribution in [3.05, 3.63) is 164 Å². The topological polar surface area (TPSA) is 401 Å². The number of benzene rings is 3. The summed E-state index contributed by atoms with van der Waals surface area (Å²) in [4.78, 5) is 49.9. The second-order valence-electron chi connectivity index (χ2n) is 36.5. The number of fused-ring (bicyclic) bond motifs is 4. The van der Waals surface area contributed by atoms with Crippen LogP contribution in [0.5, 0.6) is 0 Å². The number of likely N-dealkylation sites (tertiary alicyclic amines) is 4. The first-order valence-corrected chi connectivity index (χ1v) is 49.3. The molecule has 0 bridgehead atoms. The zero-order valence-corrected chi connectivity index (χ0v) is 73.7. The van der Waals surface area contributed by atoms with Crippen molar-refractivity contribution in [2.24, 2.45) is 29.1 Å². The van der Waals surface area contributed by atoms with E-state index >= 15 is 0 Å². The van der Waals surface area contributed by atoms with Gasteiger partial charge >= 0.3 is 0 Å². The quantitative estimate of drug-likeness (QED) is 0.0265. The molecule has 4 aliphatic carbocycles. The molecule has 12 aromatic rings. The highest BCUT2D eigenvalue weighted by molar-refractivity contribution is 7.89. The van der Waals surface area contributed by atoms with Crippen LogP contribution in [0.25, 0.3) is 88.6 Å². The van der Waals surface area contributed by atoms with Crippen molar-refractivity contribution in [3.8, 4) is 44.5 Å². The van der Waals surface area contributed by atoms with Gasteiger partial charge in [0.15, 0.2) is 0 Å². The third-order valence-electron chi connectivity index (χ3n) is 27.1. The van der Waals surface area contributed by atoms with Gasteiger partial charge in [0.2, 0.25) is 30.1 Å². The Morgan fingerprint density at radius 2 is 0.758 bits per heavy atom. The molecular formula is C90H114N24O7S3. The fraction of sp³-hybridized carbons (Fsp3) is 0.478. The SMILES string of the molecule is CCc1cccc(-c2cn(C3CC(CN4CCC4)C3)c3ncnc(N)c23)c1.CS(=O)(=O)NCc1cccc(-c2cn(C3CC(CN4CC5(COC5)C4)C3)c3ncnc(N)c23)c1.CS(=O)(=O)NCc1cncc(-c2cn(C3CC(CN4CCC4)C3)c3ncnc(N)c23)c1.C[C@@H]1CCN1CC1CC(n2cc(-c3cccc(CNS(C)(=O)=O)c3)c3c(N)ncnc32)C1. The summed E-state index contributed by atoms with van der Waals surface area (Å²) in [6.07, 6.45) is 36.1. The Morgan fingerprint density at radius 1 is 0.419 bits per heavy atom. The van der Waals surface area contributed by atoms with E-state index in [2.05, 4.69) is 160 Å². The lowest BCUT2D eigenvalue weighted by Crippen LogP contribution is -2.66. The molecule has 0 amide bonds. The summed E-state index contributed by atoms with van der Waals surface area (Å²) in [6.45, 7) is 20.5. The van der Waals surface area contributed by atoms with Crippen molar-refractivity contribution < 1.29 is 30.0 Å². The smallest absolute Gasteiger partial charge is 0.209 e. The molecule has 9 fully saturated rings. The Morgan fingerprint density at radius 3 is 1.08 bits per heavy atom. The van der Waals surface area contributed by atoms with Crippen molar-refractivity contribution in [1.29, 1.82) is 0 Å². The Balaban J connectivity index is 0.000000113. The number of rotatable bonds is 26. The maximum Gasteiger partial charge on any atom is 0.209 e. The van der Waals surface area contributed by atoms with E-state index in [1.54, 1.807) is 18.7 Å².